The van der Waals surface area contributed by atoms with E-state index in [2.05, 4.69) is 58.2 Å². The molecule has 0 spiro atoms. The van der Waals surface area contributed by atoms with Crippen LogP contribution in [0.4, 0.5) is 0 Å². The van der Waals surface area contributed by atoms with Gasteiger partial charge in [0.1, 0.15) is 5.75 Å². The second-order valence-corrected chi connectivity index (χ2v) is 13.3. The van der Waals surface area contributed by atoms with E-state index in [4.69, 9.17) is 0 Å². The van der Waals surface area contributed by atoms with Gasteiger partial charge in [0.05, 0.1) is 5.56 Å². The fourth-order valence-corrected chi connectivity index (χ4v) is 6.85. The van der Waals surface area contributed by atoms with Gasteiger partial charge in [0, 0.05) is 56.9 Å². The maximum absolute atomic E-state index is 14.0. The summed E-state index contributed by atoms with van der Waals surface area (Å²) in [5.74, 6) is -0.166. The molecule has 44 heavy (non-hydrogen) atoms. The van der Waals surface area contributed by atoms with Crippen molar-refractivity contribution in [2.24, 2.45) is 0 Å². The lowest BCUT2D eigenvalue weighted by molar-refractivity contribution is -0.721. The standard InChI is InChI=1S/C40H63NO3/c1-7-9-11-13-15-17-19-21-23-25-36(42)39-35(34(6)41-32(4)29-31(3)30-33(41)5)27-28-38(44)40(39)37(43)26-24-22-20-18-16-14-12-10-8-2/h27-30,34H,7-26H2,1-6H3/p+1. The summed E-state index contributed by atoms with van der Waals surface area (Å²) in [6.07, 6.45) is 22.1. The molecule has 0 aliphatic rings. The molecule has 4 heteroatoms. The van der Waals surface area contributed by atoms with Crippen molar-refractivity contribution in [2.45, 2.75) is 176 Å². The highest BCUT2D eigenvalue weighted by Gasteiger charge is 2.31. The van der Waals surface area contributed by atoms with Crippen molar-refractivity contribution in [2.75, 3.05) is 0 Å². The molecule has 0 saturated heterocycles. The molecule has 0 amide bonds. The van der Waals surface area contributed by atoms with Crippen molar-refractivity contribution in [3.8, 4) is 5.75 Å². The number of carbonyl (C=O) groups excluding carboxylic acids is 2. The Labute approximate surface area is 270 Å². The zero-order valence-corrected chi connectivity index (χ0v) is 29.2. The summed E-state index contributed by atoms with van der Waals surface area (Å²) in [4.78, 5) is 27.7. The molecule has 0 bridgehead atoms. The third-order valence-electron chi connectivity index (χ3n) is 9.26. The molecule has 0 radical (unpaired) electrons. The van der Waals surface area contributed by atoms with Gasteiger partial charge in [0.25, 0.3) is 0 Å². The van der Waals surface area contributed by atoms with Gasteiger partial charge in [-0.05, 0) is 37.5 Å². The summed E-state index contributed by atoms with van der Waals surface area (Å²) in [6.45, 7) is 12.9. The van der Waals surface area contributed by atoms with Crippen LogP contribution < -0.4 is 4.57 Å². The molecular formula is C40H64NO3+. The largest absolute Gasteiger partial charge is 0.507 e. The number of rotatable bonds is 24. The maximum Gasteiger partial charge on any atom is 0.182 e. The van der Waals surface area contributed by atoms with E-state index in [1.54, 1.807) is 6.07 Å². The number of aryl methyl sites for hydroxylation is 3. The van der Waals surface area contributed by atoms with E-state index in [-0.39, 0.29) is 28.9 Å². The molecule has 2 aromatic rings. The summed E-state index contributed by atoms with van der Waals surface area (Å²) in [6, 6.07) is 7.67. The highest BCUT2D eigenvalue weighted by Crippen LogP contribution is 2.32. The molecule has 0 saturated carbocycles. The lowest BCUT2D eigenvalue weighted by Crippen LogP contribution is -2.45. The first kappa shape index (κ1) is 37.7. The van der Waals surface area contributed by atoms with E-state index in [1.165, 1.54) is 82.6 Å². The molecule has 0 aliphatic heterocycles. The van der Waals surface area contributed by atoms with Gasteiger partial charge < -0.3 is 5.11 Å². The Morgan fingerprint density at radius 3 is 1.43 bits per heavy atom. The van der Waals surface area contributed by atoms with Gasteiger partial charge in [-0.1, -0.05) is 117 Å². The normalized spacial score (nSPS) is 12.0. The van der Waals surface area contributed by atoms with Gasteiger partial charge in [0.2, 0.25) is 0 Å². The van der Waals surface area contributed by atoms with Crippen molar-refractivity contribution < 1.29 is 19.3 Å². The minimum Gasteiger partial charge on any atom is -0.507 e. The molecule has 0 fully saturated rings. The van der Waals surface area contributed by atoms with Gasteiger partial charge in [-0.2, -0.15) is 4.57 Å². The Morgan fingerprint density at radius 1 is 0.614 bits per heavy atom. The minimum atomic E-state index is -0.141. The highest BCUT2D eigenvalue weighted by molar-refractivity contribution is 6.11. The number of aromatic hydroxyl groups is 1. The second-order valence-electron chi connectivity index (χ2n) is 13.3. The monoisotopic (exact) mass is 606 g/mol. The number of ketones is 2. The van der Waals surface area contributed by atoms with Crippen LogP contribution in [-0.2, 0) is 0 Å². The molecule has 0 aliphatic carbocycles. The minimum absolute atomic E-state index is 0.0101. The van der Waals surface area contributed by atoms with Gasteiger partial charge in [-0.15, -0.1) is 0 Å². The Morgan fingerprint density at radius 2 is 1.00 bits per heavy atom. The average Bonchev–Trinajstić information content (AvgIpc) is 2.98. The van der Waals surface area contributed by atoms with Gasteiger partial charge in [-0.3, -0.25) is 9.59 Å². The molecule has 1 unspecified atom stereocenters. The number of unbranched alkanes of at least 4 members (excludes halogenated alkanes) is 16. The molecular weight excluding hydrogens is 542 g/mol. The molecule has 246 valence electrons. The number of carbonyl (C=O) groups is 2. The molecule has 4 nitrogen and oxygen atoms in total. The topological polar surface area (TPSA) is 58.2 Å². The molecule has 2 rings (SSSR count). The number of nitrogens with zero attached hydrogens (tertiary/aromatic N) is 1. The van der Waals surface area contributed by atoms with E-state index >= 15 is 0 Å². The van der Waals surface area contributed by atoms with Crippen molar-refractivity contribution in [1.29, 1.82) is 0 Å². The van der Waals surface area contributed by atoms with E-state index in [0.717, 1.165) is 55.5 Å². The third kappa shape index (κ3) is 12.5. The van der Waals surface area contributed by atoms with E-state index < -0.39 is 0 Å². The van der Waals surface area contributed by atoms with Crippen molar-refractivity contribution >= 4 is 11.6 Å². The second kappa shape index (κ2) is 21.3. The lowest BCUT2D eigenvalue weighted by atomic mass is 9.87. The van der Waals surface area contributed by atoms with Gasteiger partial charge >= 0.3 is 0 Å². The quantitative estimate of drug-likeness (QED) is 0.0734. The van der Waals surface area contributed by atoms with Gasteiger partial charge in [0.15, 0.2) is 29.0 Å². The Hall–Kier alpha value is -2.49. The van der Waals surface area contributed by atoms with Crippen molar-refractivity contribution in [3.05, 3.63) is 57.9 Å². The Bertz CT molecular complexity index is 1130. The Balaban J connectivity index is 2.19. The number of phenolic OH excluding ortho intramolecular Hbond substituents is 1. The molecule has 1 N–H and O–H groups in total. The van der Waals surface area contributed by atoms with Gasteiger partial charge in [-0.25, -0.2) is 0 Å². The van der Waals surface area contributed by atoms with Crippen LogP contribution in [0.1, 0.15) is 198 Å². The lowest BCUT2D eigenvalue weighted by Gasteiger charge is -2.19. The summed E-state index contributed by atoms with van der Waals surface area (Å²) >= 11 is 0. The SMILES string of the molecule is CCCCCCCCCCCC(=O)c1c(O)ccc(C(C)[n+]2c(C)cc(C)cc2C)c1C(=O)CCCCCCCCCCC. The third-order valence-corrected chi connectivity index (χ3v) is 9.26. The Kier molecular flexibility index (Phi) is 18.2. The van der Waals surface area contributed by atoms with Crippen LogP contribution in [-0.4, -0.2) is 16.7 Å². The number of phenols is 1. The molecule has 1 heterocycles. The molecule has 1 aromatic carbocycles. The first-order valence-electron chi connectivity index (χ1n) is 18.1. The van der Waals surface area contributed by atoms with Crippen molar-refractivity contribution in [1.82, 2.24) is 0 Å². The number of pyridine rings is 1. The number of benzene rings is 1. The fourth-order valence-electron chi connectivity index (χ4n) is 6.85. The summed E-state index contributed by atoms with van der Waals surface area (Å²) in [7, 11) is 0. The number of hydrogen-bond donors (Lipinski definition) is 1. The highest BCUT2D eigenvalue weighted by atomic mass is 16.3. The summed E-state index contributed by atoms with van der Waals surface area (Å²) < 4.78 is 2.24. The first-order valence-corrected chi connectivity index (χ1v) is 18.1. The van der Waals surface area contributed by atoms with Crippen LogP contribution in [0.2, 0.25) is 0 Å². The smallest absolute Gasteiger partial charge is 0.182 e. The summed E-state index contributed by atoms with van der Waals surface area (Å²) in [5.41, 5.74) is 4.96. The van der Waals surface area contributed by atoms with E-state index in [9.17, 15) is 14.7 Å². The fraction of sp³-hybridized carbons (Fsp3) is 0.675. The van der Waals surface area contributed by atoms with Crippen molar-refractivity contribution in [3.63, 3.8) is 0 Å². The zero-order chi connectivity index (χ0) is 32.3. The predicted octanol–water partition coefficient (Wildman–Crippen LogP) is 11.4. The summed E-state index contributed by atoms with van der Waals surface area (Å²) in [5, 5.41) is 11.0. The van der Waals surface area contributed by atoms with Crippen LogP contribution in [0.15, 0.2) is 24.3 Å². The zero-order valence-electron chi connectivity index (χ0n) is 29.2. The first-order chi connectivity index (χ1) is 21.2. The van der Waals surface area contributed by atoms with Crippen LogP contribution >= 0.6 is 0 Å². The van der Waals surface area contributed by atoms with E-state index in [1.807, 2.05) is 6.07 Å². The number of Topliss-reactive ketones (excluding diaryl/α,β-unsaturated/α-hetero) is 2. The van der Waals surface area contributed by atoms with Crippen LogP contribution in [0.5, 0.6) is 5.75 Å². The number of aromatic nitrogens is 1. The van der Waals surface area contributed by atoms with Crippen LogP contribution in [0.3, 0.4) is 0 Å². The molecule has 1 aromatic heterocycles. The van der Waals surface area contributed by atoms with Crippen LogP contribution in [0.25, 0.3) is 0 Å². The maximum atomic E-state index is 14.0. The van der Waals surface area contributed by atoms with E-state index in [0.29, 0.717) is 18.4 Å². The average molecular weight is 607 g/mol. The van der Waals surface area contributed by atoms with Crippen LogP contribution in [0, 0.1) is 20.8 Å². The molecule has 1 atom stereocenters. The predicted molar refractivity (Wildman–Crippen MR) is 185 cm³/mol. The number of hydrogen-bond acceptors (Lipinski definition) is 3.